The summed E-state index contributed by atoms with van der Waals surface area (Å²) >= 11 is 5.63. The van der Waals surface area contributed by atoms with Gasteiger partial charge in [-0.2, -0.15) is 0 Å². The minimum atomic E-state index is -1.01. The first-order valence-electron chi connectivity index (χ1n) is 8.51. The molecule has 0 amide bonds. The SMILES string of the molecule is O=C(O)Cn1c2c(c3cc(F)ccc31)CCN(Cc1ccccc1F)C2=S. The number of hydrogen-bond donors (Lipinski definition) is 1. The summed E-state index contributed by atoms with van der Waals surface area (Å²) in [5.74, 6) is -1.69. The van der Waals surface area contributed by atoms with Gasteiger partial charge in [0, 0.05) is 29.6 Å². The van der Waals surface area contributed by atoms with Gasteiger partial charge in [0.1, 0.15) is 23.2 Å². The summed E-state index contributed by atoms with van der Waals surface area (Å²) in [5, 5.41) is 10.0. The third-order valence-corrected chi connectivity index (χ3v) is 5.32. The lowest BCUT2D eigenvalue weighted by Crippen LogP contribution is -2.38. The zero-order valence-corrected chi connectivity index (χ0v) is 15.1. The fourth-order valence-electron chi connectivity index (χ4n) is 3.67. The van der Waals surface area contributed by atoms with Gasteiger partial charge in [0.05, 0.1) is 5.69 Å². The maximum atomic E-state index is 14.0. The van der Waals surface area contributed by atoms with Crippen LogP contribution in [0.1, 0.15) is 16.8 Å². The lowest BCUT2D eigenvalue weighted by Gasteiger charge is -2.31. The standard InChI is InChI=1S/C20H16F2N2O2S/c21-13-5-6-17-15(9-13)14-7-8-23(10-12-3-1-2-4-16(12)22)20(27)19(14)24(17)11-18(25)26/h1-6,9H,7-8,10-11H2,(H,25,26). The molecule has 0 radical (unpaired) electrons. The van der Waals surface area contributed by atoms with Crippen LogP contribution in [0.2, 0.25) is 0 Å². The van der Waals surface area contributed by atoms with Gasteiger partial charge in [-0.05, 0) is 36.2 Å². The van der Waals surface area contributed by atoms with E-state index in [1.165, 1.54) is 18.2 Å². The van der Waals surface area contributed by atoms with Gasteiger partial charge in [-0.3, -0.25) is 4.79 Å². The number of thiocarbonyl (C=S) groups is 1. The highest BCUT2D eigenvalue weighted by Crippen LogP contribution is 2.32. The number of aliphatic carboxylic acids is 1. The Labute approximate surface area is 159 Å². The van der Waals surface area contributed by atoms with E-state index in [1.54, 1.807) is 28.8 Å². The molecule has 4 nitrogen and oxygen atoms in total. The van der Waals surface area contributed by atoms with Crippen molar-refractivity contribution < 1.29 is 18.7 Å². The van der Waals surface area contributed by atoms with Crippen molar-refractivity contribution in [1.82, 2.24) is 9.47 Å². The van der Waals surface area contributed by atoms with Crippen molar-refractivity contribution in [2.45, 2.75) is 19.5 Å². The third kappa shape index (κ3) is 3.08. The van der Waals surface area contributed by atoms with Crippen LogP contribution in [0.5, 0.6) is 0 Å². The molecular weight excluding hydrogens is 370 g/mol. The van der Waals surface area contributed by atoms with Crippen LogP contribution in [0.4, 0.5) is 8.78 Å². The minimum Gasteiger partial charge on any atom is -0.480 e. The van der Waals surface area contributed by atoms with Crippen molar-refractivity contribution in [3.05, 3.63) is 70.9 Å². The number of halogens is 2. The van der Waals surface area contributed by atoms with Gasteiger partial charge in [-0.25, -0.2) is 8.78 Å². The molecule has 1 aliphatic rings. The summed E-state index contributed by atoms with van der Waals surface area (Å²) in [6, 6.07) is 10.8. The van der Waals surface area contributed by atoms with Crippen LogP contribution in [0.25, 0.3) is 10.9 Å². The summed E-state index contributed by atoms with van der Waals surface area (Å²) in [6.45, 7) is 0.585. The Bertz CT molecular complexity index is 1080. The molecule has 7 heteroatoms. The lowest BCUT2D eigenvalue weighted by atomic mass is 10.0. The normalized spacial score (nSPS) is 13.9. The van der Waals surface area contributed by atoms with Gasteiger partial charge in [-0.1, -0.05) is 30.4 Å². The minimum absolute atomic E-state index is 0.273. The quantitative estimate of drug-likeness (QED) is 0.694. The van der Waals surface area contributed by atoms with E-state index in [9.17, 15) is 18.7 Å². The second kappa shape index (κ2) is 6.74. The maximum Gasteiger partial charge on any atom is 0.323 e. The summed E-state index contributed by atoms with van der Waals surface area (Å²) in [4.78, 5) is 13.7. The molecule has 0 unspecified atom stereocenters. The van der Waals surface area contributed by atoms with E-state index in [0.717, 1.165) is 5.56 Å². The van der Waals surface area contributed by atoms with Crippen molar-refractivity contribution >= 4 is 34.1 Å². The molecule has 27 heavy (non-hydrogen) atoms. The van der Waals surface area contributed by atoms with Crippen molar-refractivity contribution in [1.29, 1.82) is 0 Å². The highest BCUT2D eigenvalue weighted by atomic mass is 32.1. The zero-order chi connectivity index (χ0) is 19.1. The van der Waals surface area contributed by atoms with Crippen LogP contribution in [0.3, 0.4) is 0 Å². The number of carboxylic acids is 1. The third-order valence-electron chi connectivity index (χ3n) is 4.86. The Hall–Kier alpha value is -2.80. The smallest absolute Gasteiger partial charge is 0.323 e. The number of carbonyl (C=O) groups is 1. The molecule has 0 bridgehead atoms. The van der Waals surface area contributed by atoms with Crippen molar-refractivity contribution in [3.8, 4) is 0 Å². The second-order valence-electron chi connectivity index (χ2n) is 6.54. The van der Waals surface area contributed by atoms with Gasteiger partial charge in [0.2, 0.25) is 0 Å². The fourth-order valence-corrected chi connectivity index (χ4v) is 4.06. The van der Waals surface area contributed by atoms with Crippen LogP contribution >= 0.6 is 12.2 Å². The molecule has 0 spiro atoms. The largest absolute Gasteiger partial charge is 0.480 e. The molecule has 0 saturated carbocycles. The summed E-state index contributed by atoms with van der Waals surface area (Å²) in [7, 11) is 0. The molecule has 1 aliphatic heterocycles. The van der Waals surface area contributed by atoms with E-state index in [1.807, 2.05) is 4.90 Å². The highest BCUT2D eigenvalue weighted by molar-refractivity contribution is 7.80. The molecule has 0 saturated heterocycles. The van der Waals surface area contributed by atoms with Crippen LogP contribution in [-0.2, 0) is 24.3 Å². The van der Waals surface area contributed by atoms with E-state index in [2.05, 4.69) is 0 Å². The number of rotatable bonds is 4. The average molecular weight is 386 g/mol. The summed E-state index contributed by atoms with van der Waals surface area (Å²) < 4.78 is 29.4. The Balaban J connectivity index is 1.80. The molecular formula is C20H16F2N2O2S. The number of carboxylic acid groups (broad SMARTS) is 1. The molecule has 1 N–H and O–H groups in total. The predicted molar refractivity (Wildman–Crippen MR) is 102 cm³/mol. The molecule has 0 atom stereocenters. The zero-order valence-electron chi connectivity index (χ0n) is 14.3. The van der Waals surface area contributed by atoms with Gasteiger partial charge < -0.3 is 14.6 Å². The van der Waals surface area contributed by atoms with Gasteiger partial charge in [0.25, 0.3) is 0 Å². The lowest BCUT2D eigenvalue weighted by molar-refractivity contribution is -0.137. The van der Waals surface area contributed by atoms with E-state index < -0.39 is 5.97 Å². The van der Waals surface area contributed by atoms with Crippen molar-refractivity contribution in [2.75, 3.05) is 6.54 Å². The molecule has 3 aromatic rings. The van der Waals surface area contributed by atoms with Gasteiger partial charge in [0.15, 0.2) is 0 Å². The van der Waals surface area contributed by atoms with Gasteiger partial charge in [-0.15, -0.1) is 0 Å². The fraction of sp³-hybridized carbons (Fsp3) is 0.200. The molecule has 1 aromatic heterocycles. The first kappa shape index (κ1) is 17.6. The van der Waals surface area contributed by atoms with E-state index in [0.29, 0.717) is 46.7 Å². The predicted octanol–water partition coefficient (Wildman–Crippen LogP) is 3.74. The first-order chi connectivity index (χ1) is 13.0. The van der Waals surface area contributed by atoms with E-state index in [-0.39, 0.29) is 18.2 Å². The number of nitrogens with zero attached hydrogens (tertiary/aromatic N) is 2. The maximum absolute atomic E-state index is 14.0. The highest BCUT2D eigenvalue weighted by Gasteiger charge is 2.29. The number of fused-ring (bicyclic) bond motifs is 3. The van der Waals surface area contributed by atoms with E-state index >= 15 is 0 Å². The Morgan fingerprint density at radius 2 is 1.96 bits per heavy atom. The van der Waals surface area contributed by atoms with Crippen LogP contribution < -0.4 is 0 Å². The first-order valence-corrected chi connectivity index (χ1v) is 8.91. The second-order valence-corrected chi connectivity index (χ2v) is 6.92. The molecule has 2 heterocycles. The Morgan fingerprint density at radius 3 is 2.70 bits per heavy atom. The van der Waals surface area contributed by atoms with Gasteiger partial charge >= 0.3 is 5.97 Å². The van der Waals surface area contributed by atoms with Crippen molar-refractivity contribution in [2.24, 2.45) is 0 Å². The molecule has 2 aromatic carbocycles. The molecule has 0 fully saturated rings. The molecule has 4 rings (SSSR count). The topological polar surface area (TPSA) is 45.5 Å². The number of hydrogen-bond acceptors (Lipinski definition) is 2. The monoisotopic (exact) mass is 386 g/mol. The van der Waals surface area contributed by atoms with Crippen LogP contribution in [-0.4, -0.2) is 32.1 Å². The molecule has 0 aliphatic carbocycles. The van der Waals surface area contributed by atoms with E-state index in [4.69, 9.17) is 12.2 Å². The van der Waals surface area contributed by atoms with Crippen molar-refractivity contribution in [3.63, 3.8) is 0 Å². The summed E-state index contributed by atoms with van der Waals surface area (Å²) in [5.41, 5.74) is 2.62. The number of aromatic nitrogens is 1. The Morgan fingerprint density at radius 1 is 1.19 bits per heavy atom. The summed E-state index contributed by atoms with van der Waals surface area (Å²) in [6.07, 6.45) is 0.580. The average Bonchev–Trinajstić information content (AvgIpc) is 2.92. The Kier molecular flexibility index (Phi) is 4.39. The van der Waals surface area contributed by atoms with Crippen LogP contribution in [0, 0.1) is 11.6 Å². The molecule has 138 valence electrons. The number of benzene rings is 2. The van der Waals surface area contributed by atoms with Crippen LogP contribution in [0.15, 0.2) is 42.5 Å².